The molecule has 0 aliphatic rings. The number of halogens is 1. The minimum Gasteiger partial charge on any atom is -0.481 e. The third-order valence-electron chi connectivity index (χ3n) is 11.0. The van der Waals surface area contributed by atoms with Crippen LogP contribution in [0, 0.1) is 37.4 Å². The van der Waals surface area contributed by atoms with E-state index in [9.17, 15) is 48.5 Å². The molecule has 3 unspecified atom stereocenters. The normalized spacial score (nSPS) is 11.9. The number of para-hydroxylation sites is 1. The van der Waals surface area contributed by atoms with Gasteiger partial charge in [-0.1, -0.05) is 97.4 Å². The van der Waals surface area contributed by atoms with Gasteiger partial charge in [-0.05, 0) is 60.7 Å². The summed E-state index contributed by atoms with van der Waals surface area (Å²) in [6.07, 6.45) is 9.45. The second-order valence-electron chi connectivity index (χ2n) is 16.6. The van der Waals surface area contributed by atoms with E-state index in [1.807, 2.05) is 92.8 Å². The van der Waals surface area contributed by atoms with Gasteiger partial charge in [-0.15, -0.1) is 0 Å². The lowest BCUT2D eigenvalue weighted by Gasteiger charge is -2.11. The Bertz CT molecular complexity index is 2580. The molecule has 4 aromatic carbocycles. The van der Waals surface area contributed by atoms with Crippen molar-refractivity contribution in [2.45, 2.75) is 79.1 Å². The summed E-state index contributed by atoms with van der Waals surface area (Å²) in [5.74, 6) is -5.79. The molecule has 68 heavy (non-hydrogen) atoms. The summed E-state index contributed by atoms with van der Waals surface area (Å²) in [7, 11) is 0. The van der Waals surface area contributed by atoms with Gasteiger partial charge in [0.2, 0.25) is 0 Å². The number of carboxylic acids is 3. The van der Waals surface area contributed by atoms with E-state index in [-0.39, 0.29) is 82.0 Å². The van der Waals surface area contributed by atoms with Crippen LogP contribution < -0.4 is 0 Å². The number of ketones is 3. The Hall–Kier alpha value is -7.81. The van der Waals surface area contributed by atoms with E-state index >= 15 is 0 Å². The number of hydrogen-bond donors (Lipinski definition) is 6. The highest BCUT2D eigenvalue weighted by molar-refractivity contribution is 5.88. The third-order valence-corrected chi connectivity index (χ3v) is 11.0. The molecule has 3 atom stereocenters. The van der Waals surface area contributed by atoms with Crippen LogP contribution in [0.4, 0.5) is 4.39 Å². The third kappa shape index (κ3) is 17.5. The standard InChI is InChI=1S/C21H21NO3.C16H18N2O3.C15H15FN2O3.CH4/c1-14-6-8-15(9-7-14)10-18(23)12-16(21(24)25)11-17-13-22-20-5-3-2-4-19(17)20;1-11-2-4-12(5-3-11)6-15(19)8-13(16(20)21)7-14-9-17-10-18-14;16-12-3-1-10(2-4-12)5-14(19)7-11(15(20)21)6-13-8-17-9-18-13;/h2-9,13,16,22H,10-12H2,1H3,(H,24,25);2-5,9-10,13H,6-8H2,1H3,(H,17,18)(H,20,21);1-4,8-9,11H,5-7H2,(H,17,18)(H,20,21);1H4. The number of aromatic nitrogens is 5. The van der Waals surface area contributed by atoms with Crippen molar-refractivity contribution < 1.29 is 48.5 Å². The van der Waals surface area contributed by atoms with Gasteiger partial charge in [0, 0.05) is 92.2 Å². The Morgan fingerprint density at radius 1 is 0.529 bits per heavy atom. The molecule has 7 rings (SSSR count). The Morgan fingerprint density at radius 3 is 1.29 bits per heavy atom. The first kappa shape index (κ1) is 52.8. The number of carbonyl (C=O) groups is 6. The maximum absolute atomic E-state index is 12.8. The molecule has 0 fully saturated rings. The molecule has 7 aromatic rings. The number of fused-ring (bicyclic) bond motifs is 1. The number of benzene rings is 4. The Balaban J connectivity index is 0.000000222. The van der Waals surface area contributed by atoms with E-state index in [1.165, 1.54) is 36.9 Å². The van der Waals surface area contributed by atoms with Crippen molar-refractivity contribution in [3.05, 3.63) is 179 Å². The zero-order valence-electron chi connectivity index (χ0n) is 37.3. The predicted octanol–water partition coefficient (Wildman–Crippen LogP) is 8.71. The van der Waals surface area contributed by atoms with E-state index in [0.717, 1.165) is 44.4 Å². The molecule has 3 heterocycles. The number of nitrogens with one attached hydrogen (secondary N) is 3. The Kier molecular flexibility index (Phi) is 20.5. The fraction of sp³-hybridized carbons (Fsp3) is 0.283. The van der Waals surface area contributed by atoms with E-state index in [0.29, 0.717) is 17.7 Å². The summed E-state index contributed by atoms with van der Waals surface area (Å²) >= 11 is 0. The quantitative estimate of drug-likeness (QED) is 0.0399. The number of imidazole rings is 2. The number of nitrogens with zero attached hydrogens (tertiary/aromatic N) is 2. The second kappa shape index (κ2) is 26.4. The van der Waals surface area contributed by atoms with Gasteiger partial charge in [-0.25, -0.2) is 14.4 Å². The average Bonchev–Trinajstić information content (AvgIpc) is 4.10. The molecule has 0 aliphatic carbocycles. The first-order valence-corrected chi connectivity index (χ1v) is 21.7. The van der Waals surface area contributed by atoms with E-state index in [1.54, 1.807) is 12.4 Å². The Morgan fingerprint density at radius 2 is 0.912 bits per heavy atom. The van der Waals surface area contributed by atoms with Crippen molar-refractivity contribution in [3.8, 4) is 0 Å². The topological polar surface area (TPSA) is 236 Å². The van der Waals surface area contributed by atoms with Crippen LogP contribution in [0.3, 0.4) is 0 Å². The molecule has 0 saturated carbocycles. The van der Waals surface area contributed by atoms with Crippen LogP contribution in [-0.2, 0) is 67.3 Å². The lowest BCUT2D eigenvalue weighted by molar-refractivity contribution is -0.144. The number of aromatic amines is 3. The zero-order valence-corrected chi connectivity index (χ0v) is 37.3. The van der Waals surface area contributed by atoms with Crippen LogP contribution in [0.1, 0.15) is 71.5 Å². The molecule has 356 valence electrons. The van der Waals surface area contributed by atoms with E-state index in [4.69, 9.17) is 0 Å². The van der Waals surface area contributed by atoms with Crippen LogP contribution in [0.5, 0.6) is 0 Å². The number of Topliss-reactive ketones (excluding diaryl/α,β-unsaturated/α-hetero) is 3. The van der Waals surface area contributed by atoms with Crippen molar-refractivity contribution in [2.24, 2.45) is 17.8 Å². The molecule has 14 nitrogen and oxygen atoms in total. The molecule has 0 saturated heterocycles. The van der Waals surface area contributed by atoms with Gasteiger partial charge in [-0.2, -0.15) is 0 Å². The fourth-order valence-corrected chi connectivity index (χ4v) is 7.37. The van der Waals surface area contributed by atoms with Crippen LogP contribution in [0.15, 0.2) is 128 Å². The van der Waals surface area contributed by atoms with Gasteiger partial charge in [0.1, 0.15) is 23.2 Å². The average molecular weight is 928 g/mol. The summed E-state index contributed by atoms with van der Waals surface area (Å²) in [6, 6.07) is 28.8. The molecule has 15 heteroatoms. The highest BCUT2D eigenvalue weighted by Gasteiger charge is 2.25. The highest BCUT2D eigenvalue weighted by atomic mass is 19.1. The van der Waals surface area contributed by atoms with Crippen LogP contribution >= 0.6 is 0 Å². The van der Waals surface area contributed by atoms with Crippen molar-refractivity contribution in [1.29, 1.82) is 0 Å². The molecular weight excluding hydrogens is 870 g/mol. The summed E-state index contributed by atoms with van der Waals surface area (Å²) in [6.45, 7) is 3.98. The molecule has 0 spiro atoms. The number of H-pyrrole nitrogens is 3. The second-order valence-corrected chi connectivity index (χ2v) is 16.6. The molecule has 0 bridgehead atoms. The van der Waals surface area contributed by atoms with Crippen molar-refractivity contribution >= 4 is 46.2 Å². The predicted molar refractivity (Wildman–Crippen MR) is 255 cm³/mol. The first-order valence-electron chi connectivity index (χ1n) is 21.7. The minimum atomic E-state index is -1.02. The minimum absolute atomic E-state index is 0. The Labute approximate surface area is 394 Å². The highest BCUT2D eigenvalue weighted by Crippen LogP contribution is 2.23. The van der Waals surface area contributed by atoms with Crippen molar-refractivity contribution in [2.75, 3.05) is 0 Å². The van der Waals surface area contributed by atoms with Gasteiger partial charge >= 0.3 is 17.9 Å². The number of carbonyl (C=O) groups excluding carboxylic acids is 3. The summed E-state index contributed by atoms with van der Waals surface area (Å²) in [5, 5.41) is 29.0. The SMILES string of the molecule is C.Cc1ccc(CC(=O)CC(Cc2c[nH]c3ccccc23)C(=O)O)cc1.Cc1ccc(CC(=O)CC(Cc2cnc[nH]2)C(=O)O)cc1.O=C(Cc1ccc(F)cc1)CC(Cc1cnc[nH]1)C(=O)O. The number of rotatable bonds is 21. The van der Waals surface area contributed by atoms with Crippen molar-refractivity contribution in [3.63, 3.8) is 0 Å². The lowest BCUT2D eigenvalue weighted by Crippen LogP contribution is -2.21. The lowest BCUT2D eigenvalue weighted by atomic mass is 9.92. The molecule has 6 N–H and O–H groups in total. The maximum atomic E-state index is 12.8. The monoisotopic (exact) mass is 927 g/mol. The van der Waals surface area contributed by atoms with Gasteiger partial charge < -0.3 is 30.3 Å². The smallest absolute Gasteiger partial charge is 0.307 e. The van der Waals surface area contributed by atoms with Crippen LogP contribution in [0.2, 0.25) is 0 Å². The van der Waals surface area contributed by atoms with Gasteiger partial charge in [-0.3, -0.25) is 28.8 Å². The summed E-state index contributed by atoms with van der Waals surface area (Å²) in [4.78, 5) is 87.0. The maximum Gasteiger partial charge on any atom is 0.307 e. The van der Waals surface area contributed by atoms with Crippen LogP contribution in [0.25, 0.3) is 10.9 Å². The summed E-state index contributed by atoms with van der Waals surface area (Å²) in [5.41, 5.74) is 8.10. The molecule has 3 aromatic heterocycles. The summed E-state index contributed by atoms with van der Waals surface area (Å²) < 4.78 is 12.8. The van der Waals surface area contributed by atoms with E-state index < -0.39 is 35.7 Å². The number of carboxylic acid groups (broad SMARTS) is 3. The van der Waals surface area contributed by atoms with Gasteiger partial charge in [0.15, 0.2) is 0 Å². The largest absolute Gasteiger partial charge is 0.481 e. The zero-order chi connectivity index (χ0) is 48.3. The number of aryl methyl sites for hydroxylation is 2. The van der Waals surface area contributed by atoms with Crippen LogP contribution in [-0.4, -0.2) is 75.5 Å². The number of aliphatic carboxylic acids is 3. The molecule has 0 radical (unpaired) electrons. The van der Waals surface area contributed by atoms with Crippen molar-refractivity contribution in [1.82, 2.24) is 24.9 Å². The van der Waals surface area contributed by atoms with Gasteiger partial charge in [0.05, 0.1) is 30.4 Å². The fourth-order valence-electron chi connectivity index (χ4n) is 7.37. The van der Waals surface area contributed by atoms with E-state index in [2.05, 4.69) is 24.9 Å². The molecule has 0 amide bonds. The molecule has 0 aliphatic heterocycles. The molecular formula is C53H58FN5O9. The number of hydrogen-bond acceptors (Lipinski definition) is 8. The van der Waals surface area contributed by atoms with Gasteiger partial charge in [0.25, 0.3) is 0 Å². The first-order chi connectivity index (χ1) is 32.1.